The molecule has 0 aromatic rings. The molecule has 1 rings (SSSR count). The van der Waals surface area contributed by atoms with E-state index in [1.54, 1.807) is 0 Å². The maximum atomic E-state index is 5.61. The van der Waals surface area contributed by atoms with E-state index >= 15 is 0 Å². The van der Waals surface area contributed by atoms with Gasteiger partial charge in [0.05, 0.1) is 5.60 Å². The Morgan fingerprint density at radius 1 is 1.38 bits per heavy atom. The van der Waals surface area contributed by atoms with Crippen LogP contribution in [0.15, 0.2) is 0 Å². The number of nitrogens with one attached hydrogen (secondary N) is 1. The largest absolute Gasteiger partial charge is 0.378 e. The molecule has 78 valence electrons. The lowest BCUT2D eigenvalue weighted by Gasteiger charge is -2.42. The highest BCUT2D eigenvalue weighted by Crippen LogP contribution is 2.39. The van der Waals surface area contributed by atoms with E-state index in [4.69, 9.17) is 4.74 Å². The average Bonchev–Trinajstić information content (AvgIpc) is 2.09. The molecule has 1 N–H and O–H groups in total. The Bertz CT molecular complexity index is 138. The molecule has 0 saturated heterocycles. The zero-order valence-corrected chi connectivity index (χ0v) is 9.23. The van der Waals surface area contributed by atoms with Gasteiger partial charge in [0.2, 0.25) is 0 Å². The quantitative estimate of drug-likeness (QED) is 0.686. The predicted octanol–water partition coefficient (Wildman–Crippen LogP) is 2.33. The molecule has 1 saturated carbocycles. The van der Waals surface area contributed by atoms with E-state index in [1.807, 2.05) is 7.11 Å². The number of methoxy groups -OCH3 is 1. The van der Waals surface area contributed by atoms with Crippen LogP contribution in [0.4, 0.5) is 0 Å². The minimum atomic E-state index is 0.225. The summed E-state index contributed by atoms with van der Waals surface area (Å²) in [5, 5.41) is 3.51. The van der Waals surface area contributed by atoms with E-state index < -0.39 is 0 Å². The fourth-order valence-corrected chi connectivity index (χ4v) is 2.16. The fraction of sp³-hybridized carbons (Fsp3) is 1.00. The van der Waals surface area contributed by atoms with E-state index in [2.05, 4.69) is 19.2 Å². The van der Waals surface area contributed by atoms with Gasteiger partial charge in [-0.2, -0.15) is 0 Å². The second kappa shape index (κ2) is 4.97. The summed E-state index contributed by atoms with van der Waals surface area (Å²) in [6, 6.07) is 0.644. The number of ether oxygens (including phenoxy) is 1. The van der Waals surface area contributed by atoms with Gasteiger partial charge < -0.3 is 10.1 Å². The van der Waals surface area contributed by atoms with Crippen molar-refractivity contribution in [2.45, 2.75) is 57.6 Å². The lowest BCUT2D eigenvalue weighted by Crippen LogP contribution is -2.45. The van der Waals surface area contributed by atoms with Crippen LogP contribution in [0.25, 0.3) is 0 Å². The highest BCUT2D eigenvalue weighted by Gasteiger charge is 2.38. The van der Waals surface area contributed by atoms with Crippen molar-refractivity contribution >= 4 is 0 Å². The summed E-state index contributed by atoms with van der Waals surface area (Å²) in [7, 11) is 1.86. The van der Waals surface area contributed by atoms with Crippen molar-refractivity contribution in [1.82, 2.24) is 5.32 Å². The van der Waals surface area contributed by atoms with Crippen LogP contribution in [0, 0.1) is 0 Å². The Morgan fingerprint density at radius 2 is 2.08 bits per heavy atom. The van der Waals surface area contributed by atoms with Gasteiger partial charge in [0.25, 0.3) is 0 Å². The van der Waals surface area contributed by atoms with Crippen molar-refractivity contribution in [1.29, 1.82) is 0 Å². The van der Waals surface area contributed by atoms with Crippen LogP contribution in [0.5, 0.6) is 0 Å². The van der Waals surface area contributed by atoms with Crippen molar-refractivity contribution in [2.75, 3.05) is 13.7 Å². The smallest absolute Gasteiger partial charge is 0.0693 e. The monoisotopic (exact) mass is 185 g/mol. The fourth-order valence-electron chi connectivity index (χ4n) is 2.16. The third-order valence-electron chi connectivity index (χ3n) is 3.30. The summed E-state index contributed by atoms with van der Waals surface area (Å²) >= 11 is 0. The highest BCUT2D eigenvalue weighted by molar-refractivity contribution is 4.92. The number of rotatable bonds is 6. The Kier molecular flexibility index (Phi) is 4.20. The minimum absolute atomic E-state index is 0.225. The number of hydrogen-bond acceptors (Lipinski definition) is 2. The summed E-state index contributed by atoms with van der Waals surface area (Å²) in [6.07, 6.45) is 6.25. The molecule has 1 unspecified atom stereocenters. The minimum Gasteiger partial charge on any atom is -0.378 e. The molecule has 1 atom stereocenters. The third-order valence-corrected chi connectivity index (χ3v) is 3.30. The first-order valence-corrected chi connectivity index (χ1v) is 5.55. The van der Waals surface area contributed by atoms with Gasteiger partial charge in [-0.25, -0.2) is 0 Å². The summed E-state index contributed by atoms with van der Waals surface area (Å²) in [6.45, 7) is 5.48. The molecule has 2 heteroatoms. The second-order valence-electron chi connectivity index (χ2n) is 4.11. The van der Waals surface area contributed by atoms with E-state index in [-0.39, 0.29) is 5.60 Å². The molecular formula is C11H23NO. The molecule has 13 heavy (non-hydrogen) atoms. The first-order valence-electron chi connectivity index (χ1n) is 5.55. The lowest BCUT2D eigenvalue weighted by atomic mass is 9.75. The molecule has 2 nitrogen and oxygen atoms in total. The van der Waals surface area contributed by atoms with Gasteiger partial charge in [0, 0.05) is 13.2 Å². The molecule has 1 aliphatic rings. The van der Waals surface area contributed by atoms with Gasteiger partial charge in [-0.15, -0.1) is 0 Å². The van der Waals surface area contributed by atoms with Crippen molar-refractivity contribution in [3.05, 3.63) is 0 Å². The van der Waals surface area contributed by atoms with Crippen LogP contribution in [-0.2, 0) is 4.74 Å². The number of hydrogen-bond donors (Lipinski definition) is 1. The molecule has 1 aliphatic carbocycles. The van der Waals surface area contributed by atoms with E-state index in [0.717, 1.165) is 6.54 Å². The molecule has 0 aliphatic heterocycles. The Morgan fingerprint density at radius 3 is 2.38 bits per heavy atom. The summed E-state index contributed by atoms with van der Waals surface area (Å²) < 4.78 is 5.61. The standard InChI is InChI=1S/C11H23NO/c1-4-10(12-5-2)9-11(13-3)7-6-8-11/h10,12H,4-9H2,1-3H3. The third kappa shape index (κ3) is 2.68. The molecular weight excluding hydrogens is 162 g/mol. The summed E-state index contributed by atoms with van der Waals surface area (Å²) in [5.41, 5.74) is 0.225. The van der Waals surface area contributed by atoms with E-state index in [1.165, 1.54) is 32.1 Å². The Hall–Kier alpha value is -0.0800. The van der Waals surface area contributed by atoms with Crippen molar-refractivity contribution < 1.29 is 4.74 Å². The lowest BCUT2D eigenvalue weighted by molar-refractivity contribution is -0.0835. The van der Waals surface area contributed by atoms with Crippen LogP contribution in [0.1, 0.15) is 46.0 Å². The molecule has 1 fully saturated rings. The Balaban J connectivity index is 2.34. The zero-order valence-electron chi connectivity index (χ0n) is 9.23. The average molecular weight is 185 g/mol. The summed E-state index contributed by atoms with van der Waals surface area (Å²) in [5.74, 6) is 0. The van der Waals surface area contributed by atoms with Gasteiger partial charge in [-0.05, 0) is 38.6 Å². The normalized spacial score (nSPS) is 22.4. The molecule has 0 amide bonds. The van der Waals surface area contributed by atoms with Crippen LogP contribution in [-0.4, -0.2) is 25.3 Å². The van der Waals surface area contributed by atoms with Crippen LogP contribution < -0.4 is 5.32 Å². The maximum absolute atomic E-state index is 5.61. The van der Waals surface area contributed by atoms with Crippen LogP contribution >= 0.6 is 0 Å². The van der Waals surface area contributed by atoms with Crippen molar-refractivity contribution in [3.8, 4) is 0 Å². The van der Waals surface area contributed by atoms with Crippen molar-refractivity contribution in [2.24, 2.45) is 0 Å². The molecule has 0 heterocycles. The molecule has 0 aromatic heterocycles. The molecule has 0 aromatic carbocycles. The van der Waals surface area contributed by atoms with Crippen LogP contribution in [0.2, 0.25) is 0 Å². The molecule has 0 spiro atoms. The first-order chi connectivity index (χ1) is 6.26. The topological polar surface area (TPSA) is 21.3 Å². The molecule has 0 bridgehead atoms. The van der Waals surface area contributed by atoms with Crippen LogP contribution in [0.3, 0.4) is 0 Å². The van der Waals surface area contributed by atoms with Gasteiger partial charge in [-0.3, -0.25) is 0 Å². The second-order valence-corrected chi connectivity index (χ2v) is 4.11. The van der Waals surface area contributed by atoms with Gasteiger partial charge in [0.15, 0.2) is 0 Å². The Labute approximate surface area is 82.0 Å². The zero-order chi connectivity index (χ0) is 9.73. The predicted molar refractivity (Wildman–Crippen MR) is 56.0 cm³/mol. The summed E-state index contributed by atoms with van der Waals surface area (Å²) in [4.78, 5) is 0. The van der Waals surface area contributed by atoms with E-state index in [9.17, 15) is 0 Å². The van der Waals surface area contributed by atoms with Gasteiger partial charge >= 0.3 is 0 Å². The van der Waals surface area contributed by atoms with E-state index in [0.29, 0.717) is 6.04 Å². The molecule has 0 radical (unpaired) electrons. The SMILES string of the molecule is CCNC(CC)CC1(OC)CCC1. The van der Waals surface area contributed by atoms with Gasteiger partial charge in [-0.1, -0.05) is 13.8 Å². The van der Waals surface area contributed by atoms with Gasteiger partial charge in [0.1, 0.15) is 0 Å². The first kappa shape index (κ1) is 11.0. The highest BCUT2D eigenvalue weighted by atomic mass is 16.5. The van der Waals surface area contributed by atoms with Crippen molar-refractivity contribution in [3.63, 3.8) is 0 Å². The maximum Gasteiger partial charge on any atom is 0.0693 e.